The lowest BCUT2D eigenvalue weighted by Crippen LogP contribution is -2.12. The van der Waals surface area contributed by atoms with E-state index in [4.69, 9.17) is 10.0 Å². The van der Waals surface area contributed by atoms with E-state index >= 15 is 0 Å². The van der Waals surface area contributed by atoms with E-state index in [0.717, 1.165) is 24.5 Å². The maximum atomic E-state index is 12.9. The molecule has 0 saturated carbocycles. The van der Waals surface area contributed by atoms with Gasteiger partial charge in [0.1, 0.15) is 11.6 Å². The van der Waals surface area contributed by atoms with E-state index in [9.17, 15) is 8.78 Å². The fourth-order valence-electron chi connectivity index (χ4n) is 0.820. The Hall–Kier alpha value is -1.40. The van der Waals surface area contributed by atoms with Gasteiger partial charge in [-0.3, -0.25) is 0 Å². The second-order valence-corrected chi connectivity index (χ2v) is 2.43. The Kier molecular flexibility index (Phi) is 3.61. The Balaban J connectivity index is 2.72. The molecule has 1 aromatic carbocycles. The molecule has 74 valence electrons. The summed E-state index contributed by atoms with van der Waals surface area (Å²) < 4.78 is 29.5. The average molecular weight is 200 g/mol. The molecule has 0 bridgehead atoms. The highest BCUT2D eigenvalue weighted by atomic mass is 19.1. The van der Waals surface area contributed by atoms with Crippen molar-refractivity contribution in [2.75, 3.05) is 0 Å². The topological polar surface area (TPSA) is 49.7 Å². The molecule has 0 atom stereocenters. The minimum Gasteiger partial charge on any atom is -0.518 e. The summed E-state index contributed by atoms with van der Waals surface area (Å²) in [7, 11) is -1.95. The fraction of sp³-hybridized carbons (Fsp3) is 0. The third-order valence-electron chi connectivity index (χ3n) is 1.41. The van der Waals surface area contributed by atoms with Crippen molar-refractivity contribution in [2.24, 2.45) is 0 Å². The first kappa shape index (κ1) is 10.7. The van der Waals surface area contributed by atoms with Gasteiger partial charge in [-0.2, -0.15) is 0 Å². The van der Waals surface area contributed by atoms with Crippen molar-refractivity contribution in [3.05, 3.63) is 41.7 Å². The van der Waals surface area contributed by atoms with Crippen LogP contribution < -0.4 is 0 Å². The van der Waals surface area contributed by atoms with Crippen LogP contribution in [0.5, 0.6) is 0 Å². The van der Waals surface area contributed by atoms with Gasteiger partial charge in [0.05, 0.1) is 6.26 Å². The van der Waals surface area contributed by atoms with E-state index in [1.165, 1.54) is 6.07 Å². The quantitative estimate of drug-likeness (QED) is 0.563. The molecular formula is C8H7BF2O3. The Morgan fingerprint density at radius 1 is 1.29 bits per heavy atom. The summed E-state index contributed by atoms with van der Waals surface area (Å²) in [6.07, 6.45) is 2.05. The summed E-state index contributed by atoms with van der Waals surface area (Å²) in [5.41, 5.74) is 0.0899. The lowest BCUT2D eigenvalue weighted by atomic mass is 10.2. The van der Waals surface area contributed by atoms with Crippen LogP contribution in [0.4, 0.5) is 8.78 Å². The zero-order chi connectivity index (χ0) is 10.6. The van der Waals surface area contributed by atoms with Gasteiger partial charge >= 0.3 is 7.32 Å². The molecule has 1 rings (SSSR count). The molecule has 0 unspecified atom stereocenters. The van der Waals surface area contributed by atoms with Crippen LogP contribution in [0.25, 0.3) is 6.08 Å². The van der Waals surface area contributed by atoms with Gasteiger partial charge in [-0.15, -0.1) is 0 Å². The van der Waals surface area contributed by atoms with Crippen molar-refractivity contribution < 1.29 is 23.5 Å². The molecule has 0 amide bonds. The largest absolute Gasteiger partial charge is 0.707 e. The number of rotatable bonds is 3. The lowest BCUT2D eigenvalue weighted by Gasteiger charge is -1.98. The molecule has 2 N–H and O–H groups in total. The lowest BCUT2D eigenvalue weighted by molar-refractivity contribution is 0.258. The van der Waals surface area contributed by atoms with Crippen molar-refractivity contribution in [1.29, 1.82) is 0 Å². The van der Waals surface area contributed by atoms with E-state index in [0.29, 0.717) is 0 Å². The van der Waals surface area contributed by atoms with Gasteiger partial charge < -0.3 is 14.7 Å². The maximum absolute atomic E-state index is 12.9. The summed E-state index contributed by atoms with van der Waals surface area (Å²) in [6.45, 7) is 0. The molecular weight excluding hydrogens is 193 g/mol. The van der Waals surface area contributed by atoms with Crippen molar-refractivity contribution in [3.8, 4) is 0 Å². The molecule has 0 heterocycles. The SMILES string of the molecule is OB(O)O/C=C/c1ccc(F)cc1F. The fourth-order valence-corrected chi connectivity index (χ4v) is 0.820. The van der Waals surface area contributed by atoms with Gasteiger partial charge in [0.2, 0.25) is 0 Å². The molecule has 1 aromatic rings. The first-order chi connectivity index (χ1) is 6.59. The van der Waals surface area contributed by atoms with Crippen LogP contribution in [-0.2, 0) is 4.65 Å². The summed E-state index contributed by atoms with van der Waals surface area (Å²) in [5.74, 6) is -1.43. The number of hydrogen-bond donors (Lipinski definition) is 2. The monoisotopic (exact) mass is 200 g/mol. The standard InChI is InChI=1S/C8H7BF2O3/c10-7-2-1-6(8(11)5-7)3-4-14-9(12)13/h1-5,12-13H/b4-3+. The predicted molar refractivity (Wildman–Crippen MR) is 46.7 cm³/mol. The molecule has 6 heteroatoms. The number of benzene rings is 1. The van der Waals surface area contributed by atoms with E-state index in [1.54, 1.807) is 0 Å². The van der Waals surface area contributed by atoms with E-state index < -0.39 is 19.0 Å². The Labute approximate surface area is 79.4 Å². The van der Waals surface area contributed by atoms with E-state index in [-0.39, 0.29) is 5.56 Å². The van der Waals surface area contributed by atoms with Gasteiger partial charge in [0.15, 0.2) is 0 Å². The van der Waals surface area contributed by atoms with Gasteiger partial charge in [-0.1, -0.05) is 0 Å². The molecule has 0 saturated heterocycles. The zero-order valence-corrected chi connectivity index (χ0v) is 7.02. The highest BCUT2D eigenvalue weighted by Gasteiger charge is 2.06. The van der Waals surface area contributed by atoms with Gasteiger partial charge in [0, 0.05) is 11.6 Å². The molecule has 3 nitrogen and oxygen atoms in total. The van der Waals surface area contributed by atoms with Crippen LogP contribution in [0.15, 0.2) is 24.5 Å². The molecule has 0 radical (unpaired) electrons. The van der Waals surface area contributed by atoms with Crippen LogP contribution >= 0.6 is 0 Å². The first-order valence-corrected chi connectivity index (χ1v) is 3.73. The number of halogens is 2. The number of hydrogen-bond acceptors (Lipinski definition) is 3. The molecule has 14 heavy (non-hydrogen) atoms. The zero-order valence-electron chi connectivity index (χ0n) is 7.02. The highest BCUT2D eigenvalue weighted by molar-refractivity contribution is 6.32. The van der Waals surface area contributed by atoms with Crippen LogP contribution in [0, 0.1) is 11.6 Å². The van der Waals surface area contributed by atoms with Crippen LogP contribution in [0.1, 0.15) is 5.56 Å². The average Bonchev–Trinajstić information content (AvgIpc) is 2.08. The summed E-state index contributed by atoms with van der Waals surface area (Å²) in [5, 5.41) is 16.5. The van der Waals surface area contributed by atoms with E-state index in [1.807, 2.05) is 0 Å². The van der Waals surface area contributed by atoms with Gasteiger partial charge in [-0.25, -0.2) is 8.78 Å². The van der Waals surface area contributed by atoms with Crippen molar-refractivity contribution in [1.82, 2.24) is 0 Å². The normalized spacial score (nSPS) is 10.6. The molecule has 0 fully saturated rings. The Morgan fingerprint density at radius 2 is 2.00 bits per heavy atom. The molecule has 0 aliphatic heterocycles. The summed E-state index contributed by atoms with van der Waals surface area (Å²) in [4.78, 5) is 0. The third kappa shape index (κ3) is 3.16. The second-order valence-electron chi connectivity index (χ2n) is 2.43. The summed E-state index contributed by atoms with van der Waals surface area (Å²) in [6, 6.07) is 3.00. The first-order valence-electron chi connectivity index (χ1n) is 3.73. The van der Waals surface area contributed by atoms with Gasteiger partial charge in [-0.05, 0) is 18.2 Å². The van der Waals surface area contributed by atoms with Crippen LogP contribution in [0.2, 0.25) is 0 Å². The minimum absolute atomic E-state index is 0.0899. The van der Waals surface area contributed by atoms with Gasteiger partial charge in [0.25, 0.3) is 0 Å². The highest BCUT2D eigenvalue weighted by Crippen LogP contribution is 2.10. The Bertz CT molecular complexity index is 341. The molecule has 0 aliphatic carbocycles. The van der Waals surface area contributed by atoms with E-state index in [2.05, 4.69) is 4.65 Å². The second kappa shape index (κ2) is 4.73. The molecule has 0 aliphatic rings. The Morgan fingerprint density at radius 3 is 2.57 bits per heavy atom. The van der Waals surface area contributed by atoms with Crippen LogP contribution in [-0.4, -0.2) is 17.4 Å². The van der Waals surface area contributed by atoms with Crippen LogP contribution in [0.3, 0.4) is 0 Å². The molecule has 0 spiro atoms. The summed E-state index contributed by atoms with van der Waals surface area (Å²) >= 11 is 0. The minimum atomic E-state index is -1.95. The van der Waals surface area contributed by atoms with Crippen molar-refractivity contribution >= 4 is 13.4 Å². The van der Waals surface area contributed by atoms with Crippen molar-refractivity contribution in [2.45, 2.75) is 0 Å². The predicted octanol–water partition coefficient (Wildman–Crippen LogP) is 0.922. The smallest absolute Gasteiger partial charge is 0.518 e. The third-order valence-corrected chi connectivity index (χ3v) is 1.41. The van der Waals surface area contributed by atoms with Crippen molar-refractivity contribution in [3.63, 3.8) is 0 Å². The molecule has 0 aromatic heterocycles. The maximum Gasteiger partial charge on any atom is 0.707 e.